The monoisotopic (exact) mass is 274 g/mol. The third kappa shape index (κ3) is 3.21. The molecule has 1 N–H and O–H groups in total. The van der Waals surface area contributed by atoms with Crippen molar-refractivity contribution in [1.82, 2.24) is 0 Å². The van der Waals surface area contributed by atoms with Crippen LogP contribution in [-0.2, 0) is 0 Å². The SMILES string of the molecule is OC(CC1CCCCC1)c1cc(F)c(F)cc1Cl. The van der Waals surface area contributed by atoms with E-state index in [1.54, 1.807) is 0 Å². The smallest absolute Gasteiger partial charge is 0.160 e. The van der Waals surface area contributed by atoms with Crippen molar-refractivity contribution in [2.45, 2.75) is 44.6 Å². The van der Waals surface area contributed by atoms with Gasteiger partial charge in [0.05, 0.1) is 6.10 Å². The summed E-state index contributed by atoms with van der Waals surface area (Å²) in [6, 6.07) is 1.93. The molecule has 0 spiro atoms. The molecule has 0 heterocycles. The lowest BCUT2D eigenvalue weighted by Crippen LogP contribution is -2.11. The van der Waals surface area contributed by atoms with E-state index in [0.29, 0.717) is 17.9 Å². The fraction of sp³-hybridized carbons (Fsp3) is 0.571. The zero-order valence-corrected chi connectivity index (χ0v) is 10.9. The second-order valence-corrected chi connectivity index (χ2v) is 5.45. The predicted molar refractivity (Wildman–Crippen MR) is 67.5 cm³/mol. The summed E-state index contributed by atoms with van der Waals surface area (Å²) in [6.07, 6.45) is 5.57. The first-order valence-corrected chi connectivity index (χ1v) is 6.78. The van der Waals surface area contributed by atoms with Crippen LogP contribution < -0.4 is 0 Å². The maximum Gasteiger partial charge on any atom is 0.160 e. The van der Waals surface area contributed by atoms with Crippen LogP contribution in [0.2, 0.25) is 5.02 Å². The number of benzene rings is 1. The average Bonchev–Trinajstić information content (AvgIpc) is 2.35. The molecule has 100 valence electrons. The standard InChI is InChI=1S/C14H17ClF2O/c15-11-8-13(17)12(16)7-10(11)14(18)6-9-4-2-1-3-5-9/h7-9,14,18H,1-6H2. The molecule has 2 rings (SSSR count). The number of hydrogen-bond acceptors (Lipinski definition) is 1. The average molecular weight is 275 g/mol. The highest BCUT2D eigenvalue weighted by atomic mass is 35.5. The molecule has 1 nitrogen and oxygen atoms in total. The molecule has 0 amide bonds. The summed E-state index contributed by atoms with van der Waals surface area (Å²) in [7, 11) is 0. The van der Waals surface area contributed by atoms with Gasteiger partial charge in [-0.25, -0.2) is 8.78 Å². The van der Waals surface area contributed by atoms with Crippen LogP contribution in [0.3, 0.4) is 0 Å². The van der Waals surface area contributed by atoms with E-state index < -0.39 is 17.7 Å². The molecule has 1 fully saturated rings. The van der Waals surface area contributed by atoms with Gasteiger partial charge < -0.3 is 5.11 Å². The van der Waals surface area contributed by atoms with Crippen LogP contribution in [0.1, 0.15) is 50.2 Å². The van der Waals surface area contributed by atoms with Crippen LogP contribution in [0.5, 0.6) is 0 Å². The zero-order chi connectivity index (χ0) is 13.1. The molecule has 0 bridgehead atoms. The summed E-state index contributed by atoms with van der Waals surface area (Å²) < 4.78 is 26.1. The number of aliphatic hydroxyl groups excluding tert-OH is 1. The highest BCUT2D eigenvalue weighted by molar-refractivity contribution is 6.31. The molecule has 1 saturated carbocycles. The van der Waals surface area contributed by atoms with Crippen molar-refractivity contribution in [3.05, 3.63) is 34.4 Å². The van der Waals surface area contributed by atoms with E-state index in [4.69, 9.17) is 11.6 Å². The molecule has 1 aliphatic carbocycles. The molecule has 1 aromatic rings. The van der Waals surface area contributed by atoms with Crippen LogP contribution >= 0.6 is 11.6 Å². The molecule has 1 aliphatic rings. The van der Waals surface area contributed by atoms with Crippen LogP contribution in [0, 0.1) is 17.6 Å². The maximum atomic E-state index is 13.2. The van der Waals surface area contributed by atoms with Gasteiger partial charge in [0.1, 0.15) is 0 Å². The van der Waals surface area contributed by atoms with Gasteiger partial charge in [0, 0.05) is 10.6 Å². The Morgan fingerprint density at radius 2 is 1.78 bits per heavy atom. The quantitative estimate of drug-likeness (QED) is 0.797. The van der Waals surface area contributed by atoms with Crippen molar-refractivity contribution >= 4 is 11.6 Å². The van der Waals surface area contributed by atoms with E-state index in [1.807, 2.05) is 0 Å². The molecule has 1 unspecified atom stereocenters. The van der Waals surface area contributed by atoms with E-state index in [9.17, 15) is 13.9 Å². The van der Waals surface area contributed by atoms with Gasteiger partial charge in [-0.15, -0.1) is 0 Å². The van der Waals surface area contributed by atoms with Crippen LogP contribution in [0.4, 0.5) is 8.78 Å². The number of rotatable bonds is 3. The van der Waals surface area contributed by atoms with Gasteiger partial charge in [-0.1, -0.05) is 43.7 Å². The Balaban J connectivity index is 2.08. The topological polar surface area (TPSA) is 20.2 Å². The largest absolute Gasteiger partial charge is 0.388 e. The highest BCUT2D eigenvalue weighted by Crippen LogP contribution is 2.34. The van der Waals surface area contributed by atoms with Crippen molar-refractivity contribution in [2.24, 2.45) is 5.92 Å². The van der Waals surface area contributed by atoms with Crippen LogP contribution in [-0.4, -0.2) is 5.11 Å². The Morgan fingerprint density at radius 1 is 1.17 bits per heavy atom. The first kappa shape index (κ1) is 13.8. The lowest BCUT2D eigenvalue weighted by Gasteiger charge is -2.24. The summed E-state index contributed by atoms with van der Waals surface area (Å²) in [4.78, 5) is 0. The normalized spacial score (nSPS) is 18.9. The van der Waals surface area contributed by atoms with Gasteiger partial charge in [0.2, 0.25) is 0 Å². The Labute approximate surface area is 111 Å². The Bertz CT molecular complexity index is 417. The molecular formula is C14H17ClF2O. The van der Waals surface area contributed by atoms with E-state index in [-0.39, 0.29) is 5.02 Å². The molecule has 18 heavy (non-hydrogen) atoms. The summed E-state index contributed by atoms with van der Waals surface area (Å²) in [6.45, 7) is 0. The summed E-state index contributed by atoms with van der Waals surface area (Å²) in [5.41, 5.74) is 0.293. The van der Waals surface area contributed by atoms with Crippen molar-refractivity contribution in [3.8, 4) is 0 Å². The second kappa shape index (κ2) is 5.98. The summed E-state index contributed by atoms with van der Waals surface area (Å²) in [5.74, 6) is -1.48. The highest BCUT2D eigenvalue weighted by Gasteiger charge is 2.21. The Hall–Kier alpha value is -0.670. The number of hydrogen-bond donors (Lipinski definition) is 1. The van der Waals surface area contributed by atoms with Crippen molar-refractivity contribution in [2.75, 3.05) is 0 Å². The van der Waals surface area contributed by atoms with Crippen molar-refractivity contribution < 1.29 is 13.9 Å². The Morgan fingerprint density at radius 3 is 2.44 bits per heavy atom. The predicted octanol–water partition coefficient (Wildman–Crippen LogP) is 4.62. The zero-order valence-electron chi connectivity index (χ0n) is 10.1. The molecule has 0 saturated heterocycles. The lowest BCUT2D eigenvalue weighted by atomic mass is 9.84. The van der Waals surface area contributed by atoms with Gasteiger partial charge in [-0.05, 0) is 24.5 Å². The van der Waals surface area contributed by atoms with Gasteiger partial charge in [0.15, 0.2) is 11.6 Å². The van der Waals surface area contributed by atoms with Crippen molar-refractivity contribution in [3.63, 3.8) is 0 Å². The van der Waals surface area contributed by atoms with Gasteiger partial charge in [-0.3, -0.25) is 0 Å². The van der Waals surface area contributed by atoms with E-state index in [1.165, 1.54) is 19.3 Å². The minimum Gasteiger partial charge on any atom is -0.388 e. The van der Waals surface area contributed by atoms with Crippen molar-refractivity contribution in [1.29, 1.82) is 0 Å². The molecule has 0 aliphatic heterocycles. The van der Waals surface area contributed by atoms with Crippen LogP contribution in [0.25, 0.3) is 0 Å². The minimum atomic E-state index is -0.978. The minimum absolute atomic E-state index is 0.0946. The fourth-order valence-corrected chi connectivity index (χ4v) is 2.94. The molecule has 1 atom stereocenters. The summed E-state index contributed by atoms with van der Waals surface area (Å²) >= 11 is 5.85. The molecule has 0 radical (unpaired) electrons. The van der Waals surface area contributed by atoms with E-state index in [0.717, 1.165) is 25.0 Å². The number of halogens is 3. The van der Waals surface area contributed by atoms with E-state index >= 15 is 0 Å². The van der Waals surface area contributed by atoms with Gasteiger partial charge >= 0.3 is 0 Å². The fourth-order valence-electron chi connectivity index (χ4n) is 2.66. The van der Waals surface area contributed by atoms with E-state index in [2.05, 4.69) is 0 Å². The third-order valence-electron chi connectivity index (χ3n) is 3.68. The first-order chi connectivity index (χ1) is 8.58. The van der Waals surface area contributed by atoms with Crippen LogP contribution in [0.15, 0.2) is 12.1 Å². The lowest BCUT2D eigenvalue weighted by molar-refractivity contribution is 0.131. The van der Waals surface area contributed by atoms with Gasteiger partial charge in [0.25, 0.3) is 0 Å². The molecule has 0 aromatic heterocycles. The molecule has 1 aromatic carbocycles. The second-order valence-electron chi connectivity index (χ2n) is 5.04. The maximum absolute atomic E-state index is 13.2. The number of aliphatic hydroxyl groups is 1. The first-order valence-electron chi connectivity index (χ1n) is 6.40. The summed E-state index contributed by atoms with van der Waals surface area (Å²) in [5, 5.41) is 10.2. The van der Waals surface area contributed by atoms with Gasteiger partial charge in [-0.2, -0.15) is 0 Å². The Kier molecular flexibility index (Phi) is 4.57. The third-order valence-corrected chi connectivity index (χ3v) is 4.01. The molecule has 4 heteroatoms. The molecular weight excluding hydrogens is 258 g/mol.